The van der Waals surface area contributed by atoms with Crippen LogP contribution in [0.5, 0.6) is 0 Å². The zero-order chi connectivity index (χ0) is 27.9. The van der Waals surface area contributed by atoms with Crippen LogP contribution >= 0.6 is 11.6 Å². The van der Waals surface area contributed by atoms with Gasteiger partial charge in [0.2, 0.25) is 17.7 Å². The first kappa shape index (κ1) is 26.5. The van der Waals surface area contributed by atoms with Gasteiger partial charge in [0.1, 0.15) is 11.6 Å². The summed E-state index contributed by atoms with van der Waals surface area (Å²) in [7, 11) is 0. The molecule has 3 N–H and O–H groups in total. The largest absolute Gasteiger partial charge is 0.394 e. The lowest BCUT2D eigenvalue weighted by Crippen LogP contribution is -2.56. The molecular weight excluding hydrogens is 530 g/mol. The van der Waals surface area contributed by atoms with Crippen LogP contribution in [0.1, 0.15) is 18.4 Å². The zero-order valence-electron chi connectivity index (χ0n) is 21.7. The minimum absolute atomic E-state index is 0.313. The highest BCUT2D eigenvalue weighted by Crippen LogP contribution is 2.59. The van der Waals surface area contributed by atoms with Crippen LogP contribution < -0.4 is 10.6 Å². The van der Waals surface area contributed by atoms with E-state index < -0.39 is 41.5 Å². The minimum atomic E-state index is -1.20. The fraction of sp³-hybridized carbons (Fsp3) is 0.323. The third kappa shape index (κ3) is 4.46. The van der Waals surface area contributed by atoms with E-state index in [1.807, 2.05) is 48.5 Å². The van der Waals surface area contributed by atoms with Gasteiger partial charge in [-0.25, -0.2) is 0 Å². The van der Waals surface area contributed by atoms with Gasteiger partial charge in [-0.05, 0) is 49.1 Å². The minimum Gasteiger partial charge on any atom is -0.394 e. The number of aliphatic hydroxyl groups is 1. The van der Waals surface area contributed by atoms with E-state index in [2.05, 4.69) is 10.6 Å². The number of aliphatic hydroxyl groups excluding tert-OH is 1. The number of amides is 3. The maximum Gasteiger partial charge on any atom is 0.250 e. The Morgan fingerprint density at radius 2 is 1.65 bits per heavy atom. The number of ether oxygens (including phenoxy) is 1. The van der Waals surface area contributed by atoms with E-state index in [1.54, 1.807) is 36.4 Å². The number of para-hydroxylation sites is 2. The number of halogens is 1. The molecule has 3 aliphatic rings. The molecule has 0 aromatic heterocycles. The molecule has 6 rings (SSSR count). The first-order valence-corrected chi connectivity index (χ1v) is 13.9. The van der Waals surface area contributed by atoms with Crippen molar-refractivity contribution in [2.24, 2.45) is 11.8 Å². The number of likely N-dealkylation sites (tertiary alicyclic amines) is 1. The van der Waals surface area contributed by atoms with Gasteiger partial charge in [-0.2, -0.15) is 0 Å². The van der Waals surface area contributed by atoms with E-state index in [1.165, 1.54) is 4.90 Å². The van der Waals surface area contributed by atoms with Gasteiger partial charge in [0.25, 0.3) is 0 Å². The summed E-state index contributed by atoms with van der Waals surface area (Å²) in [6, 6.07) is 23.7. The number of benzene rings is 3. The molecular formula is C31H30ClN3O5. The van der Waals surface area contributed by atoms with Crippen LogP contribution in [0, 0.1) is 11.8 Å². The molecule has 8 nitrogen and oxygen atoms in total. The molecule has 3 aliphatic heterocycles. The van der Waals surface area contributed by atoms with Crippen molar-refractivity contribution in [1.82, 2.24) is 4.90 Å². The number of hydrogen-bond acceptors (Lipinski definition) is 5. The standard InChI is InChI=1S/C31H30ClN3O5/c32-22-13-7-8-14-23(22)34-29(38)27-31-16-15-24(40-31)25(28(37)33-20-11-5-2-6-12-20)26(31)30(39)35(27)21(18-36)17-19-9-3-1-4-10-19/h1-14,21,24-27,36H,15-18H2,(H,33,37)(H,34,38)/t21-,24+,25-,26+,27?,31?/m1/s1. The van der Waals surface area contributed by atoms with Crippen LogP contribution in [-0.2, 0) is 25.5 Å². The number of carbonyl (C=O) groups excluding carboxylic acids is 3. The van der Waals surface area contributed by atoms with Crippen LogP contribution in [0.15, 0.2) is 84.9 Å². The Bertz CT molecular complexity index is 1420. The highest BCUT2D eigenvalue weighted by atomic mass is 35.5. The number of nitrogens with one attached hydrogen (secondary N) is 2. The molecule has 9 heteroatoms. The summed E-state index contributed by atoms with van der Waals surface area (Å²) in [5.41, 5.74) is 0.751. The van der Waals surface area contributed by atoms with Gasteiger partial charge in [0, 0.05) is 5.69 Å². The Morgan fingerprint density at radius 3 is 2.35 bits per heavy atom. The van der Waals surface area contributed by atoms with Gasteiger partial charge in [0.15, 0.2) is 0 Å². The number of rotatable bonds is 8. The van der Waals surface area contributed by atoms with Gasteiger partial charge in [-0.1, -0.05) is 72.3 Å². The van der Waals surface area contributed by atoms with Gasteiger partial charge in [-0.15, -0.1) is 0 Å². The Balaban J connectivity index is 1.38. The molecule has 3 fully saturated rings. The SMILES string of the molecule is O=C(Nc1ccccc1Cl)C1N([C@@H](CO)Cc2ccccc2)C(=O)[C@@H]2[C@H](C(=O)Nc3ccccc3)[C@@H]3CCC12O3. The fourth-order valence-electron chi connectivity index (χ4n) is 6.73. The second-order valence-electron chi connectivity index (χ2n) is 10.7. The first-order chi connectivity index (χ1) is 19.4. The van der Waals surface area contributed by atoms with Crippen LogP contribution in [0.4, 0.5) is 11.4 Å². The Hall–Kier alpha value is -3.72. The molecule has 3 aromatic rings. The van der Waals surface area contributed by atoms with Gasteiger partial charge < -0.3 is 25.4 Å². The van der Waals surface area contributed by atoms with Gasteiger partial charge in [-0.3, -0.25) is 14.4 Å². The van der Waals surface area contributed by atoms with E-state index in [4.69, 9.17) is 16.3 Å². The number of carbonyl (C=O) groups is 3. The topological polar surface area (TPSA) is 108 Å². The van der Waals surface area contributed by atoms with Crippen LogP contribution in [0.3, 0.4) is 0 Å². The molecule has 3 saturated heterocycles. The molecule has 0 saturated carbocycles. The lowest BCUT2D eigenvalue weighted by atomic mass is 9.70. The van der Waals surface area contributed by atoms with Crippen molar-refractivity contribution < 1.29 is 24.2 Å². The molecule has 0 aliphatic carbocycles. The summed E-state index contributed by atoms with van der Waals surface area (Å²) < 4.78 is 6.50. The third-order valence-electron chi connectivity index (χ3n) is 8.38. The summed E-state index contributed by atoms with van der Waals surface area (Å²) in [4.78, 5) is 43.5. The van der Waals surface area contributed by atoms with Crippen molar-refractivity contribution in [2.75, 3.05) is 17.2 Å². The molecule has 2 unspecified atom stereocenters. The van der Waals surface area contributed by atoms with Crippen molar-refractivity contribution in [1.29, 1.82) is 0 Å². The van der Waals surface area contributed by atoms with Crippen LogP contribution in [-0.4, -0.2) is 58.1 Å². The van der Waals surface area contributed by atoms with E-state index in [0.717, 1.165) is 5.56 Å². The molecule has 3 amide bonds. The number of anilines is 2. The maximum atomic E-state index is 14.3. The average molecular weight is 560 g/mol. The molecule has 3 heterocycles. The number of nitrogens with zero attached hydrogens (tertiary/aromatic N) is 1. The van der Waals surface area contributed by atoms with E-state index >= 15 is 0 Å². The van der Waals surface area contributed by atoms with E-state index in [-0.39, 0.29) is 18.4 Å². The van der Waals surface area contributed by atoms with Crippen LogP contribution in [0.25, 0.3) is 0 Å². The third-order valence-corrected chi connectivity index (χ3v) is 8.71. The highest BCUT2D eigenvalue weighted by Gasteiger charge is 2.75. The average Bonchev–Trinajstić information content (AvgIpc) is 3.61. The quantitative estimate of drug-likeness (QED) is 0.388. The Labute approximate surface area is 237 Å². The summed E-state index contributed by atoms with van der Waals surface area (Å²) in [5, 5.41) is 16.7. The van der Waals surface area contributed by atoms with Gasteiger partial charge in [0.05, 0.1) is 41.3 Å². The van der Waals surface area contributed by atoms with E-state index in [9.17, 15) is 19.5 Å². The fourth-order valence-corrected chi connectivity index (χ4v) is 6.91. The predicted molar refractivity (Wildman–Crippen MR) is 151 cm³/mol. The molecule has 0 radical (unpaired) electrons. The predicted octanol–water partition coefficient (Wildman–Crippen LogP) is 3.90. The zero-order valence-corrected chi connectivity index (χ0v) is 22.5. The van der Waals surface area contributed by atoms with Crippen molar-refractivity contribution in [3.8, 4) is 0 Å². The second-order valence-corrected chi connectivity index (χ2v) is 11.1. The van der Waals surface area contributed by atoms with Crippen molar-refractivity contribution in [2.45, 2.75) is 43.1 Å². The summed E-state index contributed by atoms with van der Waals surface area (Å²) in [6.45, 7) is -0.358. The Kier molecular flexibility index (Phi) is 7.08. The Morgan fingerprint density at radius 1 is 0.975 bits per heavy atom. The second kappa shape index (κ2) is 10.7. The lowest BCUT2D eigenvalue weighted by Gasteiger charge is -2.36. The molecule has 40 heavy (non-hydrogen) atoms. The maximum absolute atomic E-state index is 14.3. The van der Waals surface area contributed by atoms with Crippen LogP contribution in [0.2, 0.25) is 5.02 Å². The number of fused-ring (bicyclic) bond motifs is 1. The molecule has 3 aromatic carbocycles. The van der Waals surface area contributed by atoms with Gasteiger partial charge >= 0.3 is 0 Å². The first-order valence-electron chi connectivity index (χ1n) is 13.5. The monoisotopic (exact) mass is 559 g/mol. The molecule has 6 atom stereocenters. The highest BCUT2D eigenvalue weighted by molar-refractivity contribution is 6.33. The summed E-state index contributed by atoms with van der Waals surface area (Å²) in [6.07, 6.45) is 0.843. The summed E-state index contributed by atoms with van der Waals surface area (Å²) in [5.74, 6) is -2.75. The van der Waals surface area contributed by atoms with Crippen molar-refractivity contribution >= 4 is 40.7 Å². The van der Waals surface area contributed by atoms with Crippen molar-refractivity contribution in [3.63, 3.8) is 0 Å². The molecule has 206 valence electrons. The normalized spacial score (nSPS) is 27.4. The molecule has 1 spiro atoms. The summed E-state index contributed by atoms with van der Waals surface area (Å²) >= 11 is 6.35. The number of hydrogen-bond donors (Lipinski definition) is 3. The smallest absolute Gasteiger partial charge is 0.250 e. The van der Waals surface area contributed by atoms with Crippen molar-refractivity contribution in [3.05, 3.63) is 95.5 Å². The molecule has 2 bridgehead atoms. The lowest BCUT2D eigenvalue weighted by molar-refractivity contribution is -0.143. The van der Waals surface area contributed by atoms with E-state index in [0.29, 0.717) is 35.7 Å².